The number of aromatic amines is 1. The lowest BCUT2D eigenvalue weighted by molar-refractivity contribution is 0.145. The minimum atomic E-state index is -0.229. The molecule has 0 aliphatic carbocycles. The van der Waals surface area contributed by atoms with E-state index in [1.54, 1.807) is 13.4 Å². The highest BCUT2D eigenvalue weighted by molar-refractivity contribution is 6.32. The molecule has 1 saturated heterocycles. The lowest BCUT2D eigenvalue weighted by Crippen LogP contribution is -2.36. The molecule has 4 rings (SSSR count). The van der Waals surface area contributed by atoms with Crippen LogP contribution in [0.1, 0.15) is 24.0 Å². The minimum Gasteiger partial charge on any atom is -0.494 e. The van der Waals surface area contributed by atoms with Crippen LogP contribution in [0.25, 0.3) is 11.2 Å². The van der Waals surface area contributed by atoms with Gasteiger partial charge in [-0.05, 0) is 43.4 Å². The Kier molecular flexibility index (Phi) is 5.73. The van der Waals surface area contributed by atoms with Gasteiger partial charge >= 0.3 is 0 Å². The van der Waals surface area contributed by atoms with Crippen molar-refractivity contribution >= 4 is 34.3 Å². The van der Waals surface area contributed by atoms with Gasteiger partial charge in [0.2, 0.25) is 0 Å². The Morgan fingerprint density at radius 3 is 2.86 bits per heavy atom. The van der Waals surface area contributed by atoms with Gasteiger partial charge in [-0.2, -0.15) is 0 Å². The SMILES string of the molecule is COc1c(CCNc2ncnc3nc[nH]c23)cc(Cl)c(C)c1N1CCC(O)CC1. The van der Waals surface area contributed by atoms with Crippen LogP contribution in [0, 0.1) is 6.92 Å². The zero-order valence-corrected chi connectivity index (χ0v) is 17.3. The predicted molar refractivity (Wildman–Crippen MR) is 114 cm³/mol. The molecule has 1 fully saturated rings. The molecule has 3 heterocycles. The van der Waals surface area contributed by atoms with Crippen molar-refractivity contribution in [2.45, 2.75) is 32.3 Å². The number of nitrogens with one attached hydrogen (secondary N) is 2. The number of ether oxygens (including phenoxy) is 1. The van der Waals surface area contributed by atoms with Gasteiger partial charge in [0.25, 0.3) is 0 Å². The normalized spacial score (nSPS) is 15.1. The Hall–Kier alpha value is -2.58. The summed E-state index contributed by atoms with van der Waals surface area (Å²) in [5, 5.41) is 13.9. The molecule has 154 valence electrons. The summed E-state index contributed by atoms with van der Waals surface area (Å²) in [6.45, 7) is 4.24. The Bertz CT molecular complexity index is 1000. The van der Waals surface area contributed by atoms with Gasteiger partial charge in [0.15, 0.2) is 11.5 Å². The first-order valence-corrected chi connectivity index (χ1v) is 10.1. The molecule has 0 spiro atoms. The third kappa shape index (κ3) is 3.95. The highest BCUT2D eigenvalue weighted by Gasteiger charge is 2.24. The Balaban J connectivity index is 1.56. The summed E-state index contributed by atoms with van der Waals surface area (Å²) in [4.78, 5) is 17.9. The smallest absolute Gasteiger partial charge is 0.182 e. The lowest BCUT2D eigenvalue weighted by Gasteiger charge is -2.34. The van der Waals surface area contributed by atoms with E-state index in [4.69, 9.17) is 16.3 Å². The van der Waals surface area contributed by atoms with Crippen molar-refractivity contribution in [3.8, 4) is 5.75 Å². The van der Waals surface area contributed by atoms with E-state index in [9.17, 15) is 5.11 Å². The summed E-state index contributed by atoms with van der Waals surface area (Å²) in [7, 11) is 1.69. The van der Waals surface area contributed by atoms with Crippen LogP contribution >= 0.6 is 11.6 Å². The number of hydrogen-bond donors (Lipinski definition) is 3. The maximum atomic E-state index is 9.85. The largest absolute Gasteiger partial charge is 0.494 e. The van der Waals surface area contributed by atoms with Crippen molar-refractivity contribution in [1.29, 1.82) is 0 Å². The third-order valence-electron chi connectivity index (χ3n) is 5.42. The van der Waals surface area contributed by atoms with Gasteiger partial charge in [0, 0.05) is 24.7 Å². The van der Waals surface area contributed by atoms with Crippen molar-refractivity contribution in [1.82, 2.24) is 19.9 Å². The van der Waals surface area contributed by atoms with Crippen molar-refractivity contribution in [3.63, 3.8) is 0 Å². The highest BCUT2D eigenvalue weighted by Crippen LogP contribution is 2.41. The quantitative estimate of drug-likeness (QED) is 0.568. The molecule has 0 saturated carbocycles. The zero-order valence-electron chi connectivity index (χ0n) is 16.6. The van der Waals surface area contributed by atoms with Crippen molar-refractivity contribution < 1.29 is 9.84 Å². The van der Waals surface area contributed by atoms with Gasteiger partial charge in [-0.1, -0.05) is 11.6 Å². The highest BCUT2D eigenvalue weighted by atomic mass is 35.5. The van der Waals surface area contributed by atoms with Gasteiger partial charge in [-0.25, -0.2) is 15.0 Å². The van der Waals surface area contributed by atoms with E-state index < -0.39 is 0 Å². The van der Waals surface area contributed by atoms with Crippen molar-refractivity contribution in [3.05, 3.63) is 34.9 Å². The molecular weight excluding hydrogens is 392 g/mol. The maximum absolute atomic E-state index is 9.85. The number of imidazole rings is 1. The van der Waals surface area contributed by atoms with E-state index >= 15 is 0 Å². The van der Waals surface area contributed by atoms with Gasteiger partial charge in [-0.3, -0.25) is 0 Å². The fourth-order valence-corrected chi connectivity index (χ4v) is 4.08. The maximum Gasteiger partial charge on any atom is 0.182 e. The second-order valence-corrected chi connectivity index (χ2v) is 7.65. The van der Waals surface area contributed by atoms with Gasteiger partial charge in [0.1, 0.15) is 17.6 Å². The molecule has 3 N–H and O–H groups in total. The summed E-state index contributed by atoms with van der Waals surface area (Å²) in [6.07, 6.45) is 5.09. The van der Waals surface area contributed by atoms with Crippen LogP contribution in [0.3, 0.4) is 0 Å². The minimum absolute atomic E-state index is 0.229. The number of nitrogens with zero attached hydrogens (tertiary/aromatic N) is 4. The number of aromatic nitrogens is 4. The predicted octanol–water partition coefficient (Wildman–Crippen LogP) is 2.94. The molecule has 1 aliphatic heterocycles. The molecule has 0 radical (unpaired) electrons. The summed E-state index contributed by atoms with van der Waals surface area (Å²) in [5.41, 5.74) is 4.49. The Labute approximate surface area is 174 Å². The molecule has 0 atom stereocenters. The topological polar surface area (TPSA) is 99.2 Å². The molecule has 8 nitrogen and oxygen atoms in total. The van der Waals surface area contributed by atoms with E-state index in [0.717, 1.165) is 64.9 Å². The molecule has 1 aliphatic rings. The third-order valence-corrected chi connectivity index (χ3v) is 5.81. The zero-order chi connectivity index (χ0) is 20.4. The van der Waals surface area contributed by atoms with E-state index in [1.807, 2.05) is 13.0 Å². The number of hydrogen-bond acceptors (Lipinski definition) is 7. The van der Waals surface area contributed by atoms with Crippen LogP contribution in [0.5, 0.6) is 5.75 Å². The monoisotopic (exact) mass is 416 g/mol. The number of piperidine rings is 1. The van der Waals surface area contributed by atoms with Crippen molar-refractivity contribution in [2.75, 3.05) is 37.0 Å². The molecule has 1 aromatic carbocycles. The summed E-state index contributed by atoms with van der Waals surface area (Å²) in [6, 6.07) is 1.98. The first-order chi connectivity index (χ1) is 14.1. The molecule has 0 bridgehead atoms. The van der Waals surface area contributed by atoms with Gasteiger partial charge < -0.3 is 25.0 Å². The molecule has 9 heteroatoms. The number of rotatable bonds is 6. The van der Waals surface area contributed by atoms with E-state index in [-0.39, 0.29) is 6.10 Å². The molecular formula is C20H25ClN6O2. The van der Waals surface area contributed by atoms with Crippen LogP contribution < -0.4 is 15.0 Å². The summed E-state index contributed by atoms with van der Waals surface area (Å²) < 4.78 is 5.82. The molecule has 29 heavy (non-hydrogen) atoms. The lowest BCUT2D eigenvalue weighted by atomic mass is 10.0. The average molecular weight is 417 g/mol. The first-order valence-electron chi connectivity index (χ1n) is 9.75. The standard InChI is InChI=1S/C20H25ClN6O2/c1-12-15(21)9-13(18(29-2)17(12)27-7-4-14(28)5-8-27)3-6-22-19-16-20(24-10-23-16)26-11-25-19/h9-11,14,28H,3-8H2,1-2H3,(H2,22,23,24,25,26). The second-order valence-electron chi connectivity index (χ2n) is 7.24. The van der Waals surface area contributed by atoms with Crippen LogP contribution in [0.15, 0.2) is 18.7 Å². The molecule has 0 unspecified atom stereocenters. The van der Waals surface area contributed by atoms with E-state index in [2.05, 4.69) is 30.2 Å². The van der Waals surface area contributed by atoms with Crippen LogP contribution in [0.4, 0.5) is 11.5 Å². The molecule has 3 aromatic rings. The van der Waals surface area contributed by atoms with E-state index in [1.165, 1.54) is 6.33 Å². The molecule has 2 aromatic heterocycles. The fourth-order valence-electron chi connectivity index (χ4n) is 3.86. The molecule has 0 amide bonds. The summed E-state index contributed by atoms with van der Waals surface area (Å²) >= 11 is 6.57. The number of aliphatic hydroxyl groups excluding tert-OH is 1. The van der Waals surface area contributed by atoms with Crippen LogP contribution in [0.2, 0.25) is 5.02 Å². The van der Waals surface area contributed by atoms with Gasteiger partial charge in [-0.15, -0.1) is 0 Å². The number of methoxy groups -OCH3 is 1. The number of benzene rings is 1. The number of anilines is 2. The number of fused-ring (bicyclic) bond motifs is 1. The Morgan fingerprint density at radius 1 is 1.31 bits per heavy atom. The summed E-state index contributed by atoms with van der Waals surface area (Å²) in [5.74, 6) is 1.56. The van der Waals surface area contributed by atoms with E-state index in [0.29, 0.717) is 18.6 Å². The second kappa shape index (κ2) is 8.42. The first kappa shape index (κ1) is 19.7. The number of halogens is 1. The average Bonchev–Trinajstić information content (AvgIpc) is 3.21. The van der Waals surface area contributed by atoms with Crippen molar-refractivity contribution in [2.24, 2.45) is 0 Å². The van der Waals surface area contributed by atoms with Gasteiger partial charge in [0.05, 0.1) is 25.2 Å². The van der Waals surface area contributed by atoms with Crippen LogP contribution in [-0.2, 0) is 6.42 Å². The van der Waals surface area contributed by atoms with Crippen LogP contribution in [-0.4, -0.2) is 57.9 Å². The fraction of sp³-hybridized carbons (Fsp3) is 0.450. The number of aliphatic hydroxyl groups is 1. The number of H-pyrrole nitrogens is 1. The Morgan fingerprint density at radius 2 is 2.10 bits per heavy atom.